The first-order chi connectivity index (χ1) is 20.1. The summed E-state index contributed by atoms with van der Waals surface area (Å²) in [5, 5.41) is 10.7. The summed E-state index contributed by atoms with van der Waals surface area (Å²) >= 11 is 0. The Morgan fingerprint density at radius 2 is 1.52 bits per heavy atom. The molecule has 0 radical (unpaired) electrons. The van der Waals surface area contributed by atoms with Crippen LogP contribution in [0.1, 0.15) is 91.5 Å². The number of aliphatic hydroxyl groups excluding tert-OH is 1. The van der Waals surface area contributed by atoms with Gasteiger partial charge in [0.25, 0.3) is 0 Å². The number of carbonyl (C=O) groups excluding carboxylic acids is 1. The van der Waals surface area contributed by atoms with Gasteiger partial charge in [-0.25, -0.2) is 0 Å². The van der Waals surface area contributed by atoms with Gasteiger partial charge in [-0.05, 0) is 81.3 Å². The zero-order valence-corrected chi connectivity index (χ0v) is 26.6. The van der Waals surface area contributed by atoms with Crippen molar-refractivity contribution in [2.75, 3.05) is 0 Å². The van der Waals surface area contributed by atoms with Crippen molar-refractivity contribution in [2.45, 2.75) is 105 Å². The van der Waals surface area contributed by atoms with Crippen LogP contribution in [0.25, 0.3) is 0 Å². The number of hydrogen-bond acceptors (Lipinski definition) is 4. The summed E-state index contributed by atoms with van der Waals surface area (Å²) in [4.78, 5) is 15.9. The van der Waals surface area contributed by atoms with Gasteiger partial charge in [-0.15, -0.1) is 5.92 Å². The maximum absolute atomic E-state index is 13.5. The molecule has 0 saturated heterocycles. The Kier molecular flexibility index (Phi) is 12.9. The van der Waals surface area contributed by atoms with E-state index in [4.69, 9.17) is 4.74 Å². The first kappa shape index (κ1) is 33.1. The van der Waals surface area contributed by atoms with Crippen LogP contribution in [-0.2, 0) is 22.6 Å². The zero-order valence-electron chi connectivity index (χ0n) is 26.6. The molecule has 1 N–H and O–H groups in total. The van der Waals surface area contributed by atoms with Crippen molar-refractivity contribution in [1.29, 1.82) is 0 Å². The van der Waals surface area contributed by atoms with Crippen molar-refractivity contribution in [3.05, 3.63) is 106 Å². The third-order valence-corrected chi connectivity index (χ3v) is 8.22. The average molecular weight is 568 g/mol. The van der Waals surface area contributed by atoms with Crippen LogP contribution >= 0.6 is 0 Å². The summed E-state index contributed by atoms with van der Waals surface area (Å²) in [6.45, 7) is 16.0. The van der Waals surface area contributed by atoms with Crippen LogP contribution < -0.4 is 0 Å². The SMILES string of the molecule is CCCCCC#CC(O)C(C)C(=O)O[C@H](c1ccccc1)[C@H](C)N(Cc1ccccc1C)Cc1c(C)cc(C)cc1C. The highest BCUT2D eigenvalue weighted by molar-refractivity contribution is 5.73. The Labute approximate surface area is 254 Å². The third kappa shape index (κ3) is 9.31. The van der Waals surface area contributed by atoms with E-state index in [1.807, 2.05) is 30.3 Å². The second kappa shape index (κ2) is 16.3. The van der Waals surface area contributed by atoms with Crippen molar-refractivity contribution in [3.8, 4) is 11.8 Å². The lowest BCUT2D eigenvalue weighted by Crippen LogP contribution is -2.40. The lowest BCUT2D eigenvalue weighted by molar-refractivity contribution is -0.160. The smallest absolute Gasteiger partial charge is 0.312 e. The fourth-order valence-electron chi connectivity index (χ4n) is 5.42. The van der Waals surface area contributed by atoms with E-state index in [0.29, 0.717) is 6.54 Å². The molecule has 0 aliphatic rings. The standard InChI is InChI=1S/C38H49NO3/c1-8-9-10-11-15-22-36(40)31(6)38(41)42-37(33-19-13-12-14-20-33)32(7)39(25-34-21-17-16-18-28(34)3)26-35-29(4)23-27(2)24-30(35)5/h12-14,16-21,23-24,31-32,36-37,40H,8-11,25-26H2,1-7H3/t31?,32-,36?,37-/m0/s1. The summed E-state index contributed by atoms with van der Waals surface area (Å²) in [7, 11) is 0. The molecule has 0 aliphatic heterocycles. The van der Waals surface area contributed by atoms with Crippen LogP contribution in [0.2, 0.25) is 0 Å². The predicted octanol–water partition coefficient (Wildman–Crippen LogP) is 8.18. The van der Waals surface area contributed by atoms with Gasteiger partial charge >= 0.3 is 5.97 Å². The topological polar surface area (TPSA) is 49.8 Å². The number of carbonyl (C=O) groups is 1. The predicted molar refractivity (Wildman–Crippen MR) is 173 cm³/mol. The minimum atomic E-state index is -1.06. The largest absolute Gasteiger partial charge is 0.456 e. The molecule has 0 bridgehead atoms. The Morgan fingerprint density at radius 1 is 0.881 bits per heavy atom. The number of ether oxygens (including phenoxy) is 1. The van der Waals surface area contributed by atoms with E-state index in [-0.39, 0.29) is 6.04 Å². The van der Waals surface area contributed by atoms with Crippen LogP contribution in [0.4, 0.5) is 0 Å². The number of rotatable bonds is 13. The highest BCUT2D eigenvalue weighted by Crippen LogP contribution is 2.31. The molecule has 3 aromatic rings. The summed E-state index contributed by atoms with van der Waals surface area (Å²) in [5.74, 6) is 4.71. The number of aryl methyl sites for hydroxylation is 4. The molecule has 0 spiro atoms. The van der Waals surface area contributed by atoms with Crippen molar-refractivity contribution in [1.82, 2.24) is 4.90 Å². The lowest BCUT2D eigenvalue weighted by Gasteiger charge is -2.36. The molecular formula is C38H49NO3. The fraction of sp³-hybridized carbons (Fsp3) is 0.447. The Hall–Kier alpha value is -3.39. The minimum Gasteiger partial charge on any atom is -0.456 e. The molecule has 4 nitrogen and oxygen atoms in total. The molecule has 4 atom stereocenters. The lowest BCUT2D eigenvalue weighted by atomic mass is 9.96. The van der Waals surface area contributed by atoms with E-state index >= 15 is 0 Å². The van der Waals surface area contributed by atoms with Crippen molar-refractivity contribution in [2.24, 2.45) is 5.92 Å². The molecule has 2 unspecified atom stereocenters. The van der Waals surface area contributed by atoms with Gasteiger partial charge in [-0.3, -0.25) is 9.69 Å². The van der Waals surface area contributed by atoms with Crippen LogP contribution in [0.5, 0.6) is 0 Å². The maximum Gasteiger partial charge on any atom is 0.312 e. The molecular weight excluding hydrogens is 518 g/mol. The molecule has 3 aromatic carbocycles. The molecule has 224 valence electrons. The number of hydrogen-bond donors (Lipinski definition) is 1. The van der Waals surface area contributed by atoms with Gasteiger partial charge in [0.15, 0.2) is 0 Å². The minimum absolute atomic E-state index is 0.152. The van der Waals surface area contributed by atoms with Crippen LogP contribution in [0.3, 0.4) is 0 Å². The fourth-order valence-corrected chi connectivity index (χ4v) is 5.42. The molecule has 0 amide bonds. The molecule has 0 aromatic heterocycles. The summed E-state index contributed by atoms with van der Waals surface area (Å²) < 4.78 is 6.28. The van der Waals surface area contributed by atoms with Crippen LogP contribution in [0, 0.1) is 45.5 Å². The Bertz CT molecular complexity index is 1330. The van der Waals surface area contributed by atoms with Gasteiger partial charge in [0.2, 0.25) is 0 Å². The van der Waals surface area contributed by atoms with E-state index in [0.717, 1.165) is 37.8 Å². The van der Waals surface area contributed by atoms with E-state index in [1.165, 1.54) is 33.4 Å². The van der Waals surface area contributed by atoms with Crippen LogP contribution in [-0.4, -0.2) is 28.1 Å². The number of nitrogens with zero attached hydrogens (tertiary/aromatic N) is 1. The van der Waals surface area contributed by atoms with E-state index in [1.54, 1.807) is 6.92 Å². The van der Waals surface area contributed by atoms with Crippen LogP contribution in [0.15, 0.2) is 66.7 Å². The normalized spacial score (nSPS) is 14.0. The average Bonchev–Trinajstić information content (AvgIpc) is 2.97. The Morgan fingerprint density at radius 3 is 2.17 bits per heavy atom. The van der Waals surface area contributed by atoms with Gasteiger partial charge in [-0.1, -0.05) is 98.0 Å². The van der Waals surface area contributed by atoms with Gasteiger partial charge < -0.3 is 9.84 Å². The molecule has 0 aliphatic carbocycles. The second-order valence-corrected chi connectivity index (χ2v) is 11.7. The number of aliphatic hydroxyl groups is 1. The number of esters is 1. The Balaban J connectivity index is 1.93. The molecule has 42 heavy (non-hydrogen) atoms. The van der Waals surface area contributed by atoms with Gasteiger partial charge in [0, 0.05) is 25.6 Å². The summed E-state index contributed by atoms with van der Waals surface area (Å²) in [6.07, 6.45) is 2.37. The highest BCUT2D eigenvalue weighted by atomic mass is 16.5. The monoisotopic (exact) mass is 567 g/mol. The quantitative estimate of drug-likeness (QED) is 0.129. The highest BCUT2D eigenvalue weighted by Gasteiger charge is 2.32. The van der Waals surface area contributed by atoms with Crippen molar-refractivity contribution in [3.63, 3.8) is 0 Å². The third-order valence-electron chi connectivity index (χ3n) is 8.22. The first-order valence-corrected chi connectivity index (χ1v) is 15.4. The second-order valence-electron chi connectivity index (χ2n) is 11.7. The molecule has 0 saturated carbocycles. The molecule has 0 fully saturated rings. The van der Waals surface area contributed by atoms with E-state index < -0.39 is 24.1 Å². The molecule has 4 heteroatoms. The van der Waals surface area contributed by atoms with Gasteiger partial charge in [0.1, 0.15) is 12.2 Å². The van der Waals surface area contributed by atoms with Crippen molar-refractivity contribution >= 4 is 5.97 Å². The summed E-state index contributed by atoms with van der Waals surface area (Å²) in [6, 6.07) is 22.7. The van der Waals surface area contributed by atoms with E-state index in [2.05, 4.69) is 94.7 Å². The van der Waals surface area contributed by atoms with Gasteiger partial charge in [-0.2, -0.15) is 0 Å². The molecule has 3 rings (SSSR count). The van der Waals surface area contributed by atoms with Gasteiger partial charge in [0.05, 0.1) is 5.92 Å². The maximum atomic E-state index is 13.5. The number of unbranched alkanes of at least 4 members (excludes halogenated alkanes) is 3. The van der Waals surface area contributed by atoms with E-state index in [9.17, 15) is 9.90 Å². The zero-order chi connectivity index (χ0) is 30.6. The molecule has 0 heterocycles. The number of benzene rings is 3. The summed E-state index contributed by atoms with van der Waals surface area (Å²) in [5.41, 5.74) is 8.47. The first-order valence-electron chi connectivity index (χ1n) is 15.4. The van der Waals surface area contributed by atoms with Crippen molar-refractivity contribution < 1.29 is 14.6 Å².